The quantitative estimate of drug-likeness (QED) is 0.812. The fraction of sp³-hybridized carbons (Fsp3) is 0.0667. The highest BCUT2D eigenvalue weighted by atomic mass is 35.5. The summed E-state index contributed by atoms with van der Waals surface area (Å²) in [6, 6.07) is 8.79. The van der Waals surface area contributed by atoms with E-state index in [9.17, 15) is 14.7 Å². The number of anilines is 1. The second kappa shape index (κ2) is 5.85. The summed E-state index contributed by atoms with van der Waals surface area (Å²) in [4.78, 5) is 23.1. The number of carbonyl (C=O) groups excluding carboxylic acids is 1. The van der Waals surface area contributed by atoms with Crippen LogP contribution in [0, 0.1) is 6.92 Å². The number of carboxylic acid groups (broad SMARTS) is 1. The van der Waals surface area contributed by atoms with Crippen LogP contribution in [0.4, 0.5) is 5.69 Å². The topological polar surface area (TPSA) is 86.6 Å². The Morgan fingerprint density at radius 3 is 2.52 bits per heavy atom. The number of hydrogen-bond acceptors (Lipinski definition) is 3. The number of aromatic carboxylic acids is 1. The smallest absolute Gasteiger partial charge is 0.337 e. The van der Waals surface area contributed by atoms with Gasteiger partial charge in [0.05, 0.1) is 10.6 Å². The molecule has 2 aromatic carbocycles. The molecule has 0 saturated carbocycles. The van der Waals surface area contributed by atoms with Crippen molar-refractivity contribution in [3.05, 3.63) is 58.1 Å². The van der Waals surface area contributed by atoms with Gasteiger partial charge < -0.3 is 15.5 Å². The summed E-state index contributed by atoms with van der Waals surface area (Å²) in [5.74, 6) is -1.60. The average Bonchev–Trinajstić information content (AvgIpc) is 2.43. The molecule has 2 aromatic rings. The maximum Gasteiger partial charge on any atom is 0.337 e. The summed E-state index contributed by atoms with van der Waals surface area (Å²) in [6.45, 7) is 1.62. The van der Waals surface area contributed by atoms with Gasteiger partial charge in [-0.3, -0.25) is 4.79 Å². The van der Waals surface area contributed by atoms with Crippen molar-refractivity contribution in [2.75, 3.05) is 5.32 Å². The first kappa shape index (κ1) is 14.9. The molecule has 108 valence electrons. The standard InChI is InChI=1S/C15H12ClNO4/c1-8-10(3-2-4-13(8)18)14(19)17-9-5-6-12(16)11(7-9)15(20)21/h2-7,18H,1H3,(H,17,19)(H,20,21). The van der Waals surface area contributed by atoms with Gasteiger partial charge in [-0.15, -0.1) is 0 Å². The van der Waals surface area contributed by atoms with Crippen LogP contribution in [-0.2, 0) is 0 Å². The van der Waals surface area contributed by atoms with Crippen molar-refractivity contribution in [1.29, 1.82) is 0 Å². The summed E-state index contributed by atoms with van der Waals surface area (Å²) < 4.78 is 0. The predicted octanol–water partition coefficient (Wildman–Crippen LogP) is 3.30. The Bertz CT molecular complexity index is 728. The Balaban J connectivity index is 2.30. The van der Waals surface area contributed by atoms with E-state index in [0.717, 1.165) is 0 Å². The minimum absolute atomic E-state index is 0.0185. The molecule has 0 spiro atoms. The molecule has 5 nitrogen and oxygen atoms in total. The molecule has 2 rings (SSSR count). The summed E-state index contributed by atoms with van der Waals surface area (Å²) >= 11 is 5.76. The Hall–Kier alpha value is -2.53. The van der Waals surface area contributed by atoms with Crippen LogP contribution in [0.5, 0.6) is 5.75 Å². The van der Waals surface area contributed by atoms with Crippen LogP contribution >= 0.6 is 11.6 Å². The lowest BCUT2D eigenvalue weighted by atomic mass is 10.1. The van der Waals surface area contributed by atoms with E-state index in [1.165, 1.54) is 24.3 Å². The van der Waals surface area contributed by atoms with Gasteiger partial charge in [0.15, 0.2) is 0 Å². The van der Waals surface area contributed by atoms with Crippen LogP contribution < -0.4 is 5.32 Å². The lowest BCUT2D eigenvalue weighted by molar-refractivity contribution is 0.0696. The van der Waals surface area contributed by atoms with Gasteiger partial charge >= 0.3 is 5.97 Å². The van der Waals surface area contributed by atoms with Crippen LogP contribution in [-0.4, -0.2) is 22.1 Å². The van der Waals surface area contributed by atoms with Crippen molar-refractivity contribution in [2.24, 2.45) is 0 Å². The number of halogens is 1. The first-order valence-electron chi connectivity index (χ1n) is 6.03. The molecule has 0 unspecified atom stereocenters. The van der Waals surface area contributed by atoms with Gasteiger partial charge in [-0.05, 0) is 37.3 Å². The molecule has 0 radical (unpaired) electrons. The Labute approximate surface area is 125 Å². The molecule has 0 heterocycles. The molecule has 21 heavy (non-hydrogen) atoms. The molecule has 0 fully saturated rings. The molecule has 6 heteroatoms. The van der Waals surface area contributed by atoms with Gasteiger partial charge in [0.25, 0.3) is 5.91 Å². The minimum Gasteiger partial charge on any atom is -0.508 e. The molecule has 0 saturated heterocycles. The fourth-order valence-electron chi connectivity index (χ4n) is 1.83. The summed E-state index contributed by atoms with van der Waals surface area (Å²) in [7, 11) is 0. The fourth-order valence-corrected chi connectivity index (χ4v) is 2.03. The molecular formula is C15H12ClNO4. The van der Waals surface area contributed by atoms with Crippen molar-refractivity contribution in [2.45, 2.75) is 6.92 Å². The maximum absolute atomic E-state index is 12.2. The van der Waals surface area contributed by atoms with Gasteiger partial charge in [0, 0.05) is 16.8 Å². The van der Waals surface area contributed by atoms with Gasteiger partial charge in [-0.25, -0.2) is 4.79 Å². The molecule has 0 aliphatic carbocycles. The normalized spacial score (nSPS) is 10.2. The number of carbonyl (C=O) groups is 2. The van der Waals surface area contributed by atoms with Crippen molar-refractivity contribution in [1.82, 2.24) is 0 Å². The predicted molar refractivity (Wildman–Crippen MR) is 79.2 cm³/mol. The molecular weight excluding hydrogens is 294 g/mol. The second-order valence-corrected chi connectivity index (χ2v) is 4.81. The highest BCUT2D eigenvalue weighted by Gasteiger charge is 2.14. The van der Waals surface area contributed by atoms with Crippen molar-refractivity contribution >= 4 is 29.2 Å². The van der Waals surface area contributed by atoms with Crippen LogP contribution in [0.1, 0.15) is 26.3 Å². The van der Waals surface area contributed by atoms with Crippen molar-refractivity contribution in [3.8, 4) is 5.75 Å². The number of benzene rings is 2. The molecule has 0 aliphatic rings. The molecule has 0 bridgehead atoms. The Kier molecular flexibility index (Phi) is 4.14. The van der Waals surface area contributed by atoms with E-state index >= 15 is 0 Å². The maximum atomic E-state index is 12.2. The van der Waals surface area contributed by atoms with E-state index in [0.29, 0.717) is 16.8 Å². The number of nitrogens with one attached hydrogen (secondary N) is 1. The largest absolute Gasteiger partial charge is 0.508 e. The highest BCUT2D eigenvalue weighted by Crippen LogP contribution is 2.23. The van der Waals surface area contributed by atoms with Gasteiger partial charge in [0.1, 0.15) is 5.75 Å². The third-order valence-electron chi connectivity index (χ3n) is 3.00. The van der Waals surface area contributed by atoms with E-state index in [4.69, 9.17) is 16.7 Å². The zero-order valence-electron chi connectivity index (χ0n) is 11.1. The van der Waals surface area contributed by atoms with E-state index in [1.807, 2.05) is 0 Å². The first-order valence-corrected chi connectivity index (χ1v) is 6.40. The van der Waals surface area contributed by atoms with E-state index in [2.05, 4.69) is 5.32 Å². The molecule has 0 aromatic heterocycles. The monoisotopic (exact) mass is 305 g/mol. The number of amides is 1. The number of phenolic OH excluding ortho intramolecular Hbond substituents is 1. The van der Waals surface area contributed by atoms with Crippen molar-refractivity contribution in [3.63, 3.8) is 0 Å². The zero-order chi connectivity index (χ0) is 15.6. The third kappa shape index (κ3) is 3.14. The lowest BCUT2D eigenvalue weighted by Crippen LogP contribution is -2.14. The highest BCUT2D eigenvalue weighted by molar-refractivity contribution is 6.33. The number of phenols is 1. The second-order valence-electron chi connectivity index (χ2n) is 4.40. The number of aromatic hydroxyl groups is 1. The van der Waals surface area contributed by atoms with Crippen LogP contribution in [0.2, 0.25) is 5.02 Å². The summed E-state index contributed by atoms with van der Waals surface area (Å²) in [5, 5.41) is 21.3. The van der Waals surface area contributed by atoms with Gasteiger partial charge in [-0.2, -0.15) is 0 Å². The van der Waals surface area contributed by atoms with Crippen molar-refractivity contribution < 1.29 is 19.8 Å². The molecule has 1 amide bonds. The van der Waals surface area contributed by atoms with Crippen LogP contribution in [0.15, 0.2) is 36.4 Å². The average molecular weight is 306 g/mol. The number of rotatable bonds is 3. The van der Waals surface area contributed by atoms with Crippen LogP contribution in [0.3, 0.4) is 0 Å². The zero-order valence-corrected chi connectivity index (χ0v) is 11.8. The lowest BCUT2D eigenvalue weighted by Gasteiger charge is -2.09. The van der Waals surface area contributed by atoms with E-state index in [-0.39, 0.29) is 16.3 Å². The third-order valence-corrected chi connectivity index (χ3v) is 3.33. The summed E-state index contributed by atoms with van der Waals surface area (Å²) in [6.07, 6.45) is 0. The van der Waals surface area contributed by atoms with Crippen LogP contribution in [0.25, 0.3) is 0 Å². The SMILES string of the molecule is Cc1c(O)cccc1C(=O)Nc1ccc(Cl)c(C(=O)O)c1. The number of hydrogen-bond donors (Lipinski definition) is 3. The molecule has 3 N–H and O–H groups in total. The molecule has 0 aliphatic heterocycles. The number of carboxylic acids is 1. The molecule has 0 atom stereocenters. The Morgan fingerprint density at radius 1 is 1.14 bits per heavy atom. The van der Waals surface area contributed by atoms with E-state index in [1.54, 1.807) is 19.1 Å². The van der Waals surface area contributed by atoms with E-state index < -0.39 is 11.9 Å². The van der Waals surface area contributed by atoms with Gasteiger partial charge in [0.2, 0.25) is 0 Å². The minimum atomic E-state index is -1.18. The van der Waals surface area contributed by atoms with Gasteiger partial charge in [-0.1, -0.05) is 17.7 Å². The first-order chi connectivity index (χ1) is 9.90. The Morgan fingerprint density at radius 2 is 1.86 bits per heavy atom. The summed E-state index contributed by atoms with van der Waals surface area (Å²) in [5.41, 5.74) is 0.968.